The van der Waals surface area contributed by atoms with Gasteiger partial charge >= 0.3 is 0 Å². The SMILES string of the molecule is CCC(=O)Nc1cc(C(=N)/C=C/c2ccccc2)c(N)cc1N1CCN(C)CC1. The van der Waals surface area contributed by atoms with E-state index in [1.54, 1.807) is 6.08 Å². The molecule has 1 fully saturated rings. The normalized spacial score (nSPS) is 14.9. The molecule has 6 heteroatoms. The minimum Gasteiger partial charge on any atom is -0.398 e. The summed E-state index contributed by atoms with van der Waals surface area (Å²) in [4.78, 5) is 16.6. The molecule has 0 radical (unpaired) electrons. The van der Waals surface area contributed by atoms with E-state index < -0.39 is 0 Å². The summed E-state index contributed by atoms with van der Waals surface area (Å²) in [5.41, 5.74) is 10.4. The van der Waals surface area contributed by atoms with Crippen LogP contribution < -0.4 is 16.0 Å². The van der Waals surface area contributed by atoms with Gasteiger partial charge in [0.25, 0.3) is 0 Å². The zero-order valence-electron chi connectivity index (χ0n) is 17.1. The lowest BCUT2D eigenvalue weighted by Crippen LogP contribution is -2.44. The Morgan fingerprint density at radius 1 is 1.17 bits per heavy atom. The Bertz CT molecular complexity index is 899. The van der Waals surface area contributed by atoms with E-state index in [9.17, 15) is 4.79 Å². The summed E-state index contributed by atoms with van der Waals surface area (Å²) >= 11 is 0. The van der Waals surface area contributed by atoms with Crippen molar-refractivity contribution in [1.82, 2.24) is 4.90 Å². The molecule has 0 bridgehead atoms. The molecule has 1 aliphatic rings. The van der Waals surface area contributed by atoms with Gasteiger partial charge in [-0.3, -0.25) is 4.79 Å². The van der Waals surface area contributed by atoms with Crippen LogP contribution in [-0.4, -0.2) is 49.7 Å². The standard InChI is InChI=1S/C23H29N5O/c1-3-23(29)26-21-15-18(19(24)10-9-17-7-5-4-6-8-17)20(25)16-22(21)28-13-11-27(2)12-14-28/h4-10,15-16,24H,3,11-14,25H2,1-2H3,(H,26,29)/b10-9+,24-19?. The lowest BCUT2D eigenvalue weighted by molar-refractivity contribution is -0.115. The van der Waals surface area contributed by atoms with Gasteiger partial charge in [0.1, 0.15) is 0 Å². The van der Waals surface area contributed by atoms with Crippen molar-refractivity contribution in [3.05, 3.63) is 59.7 Å². The number of likely N-dealkylation sites (N-methyl/N-ethyl adjacent to an activating group) is 1. The Morgan fingerprint density at radius 3 is 2.52 bits per heavy atom. The molecule has 0 atom stereocenters. The van der Waals surface area contributed by atoms with Gasteiger partial charge in [0.15, 0.2) is 0 Å². The number of carbonyl (C=O) groups is 1. The van der Waals surface area contributed by atoms with Gasteiger partial charge in [0.2, 0.25) is 5.91 Å². The molecule has 0 aliphatic carbocycles. The Labute approximate surface area is 172 Å². The van der Waals surface area contributed by atoms with Crippen molar-refractivity contribution >= 4 is 34.8 Å². The molecule has 0 aromatic heterocycles. The predicted octanol–water partition coefficient (Wildman–Crippen LogP) is 3.45. The first-order valence-electron chi connectivity index (χ1n) is 9.97. The van der Waals surface area contributed by atoms with Gasteiger partial charge in [-0.05, 0) is 30.8 Å². The third-order valence-electron chi connectivity index (χ3n) is 5.14. The summed E-state index contributed by atoms with van der Waals surface area (Å²) in [5.74, 6) is -0.0533. The summed E-state index contributed by atoms with van der Waals surface area (Å²) < 4.78 is 0. The number of benzene rings is 2. The van der Waals surface area contributed by atoms with Gasteiger partial charge in [0, 0.05) is 43.9 Å². The fraction of sp³-hybridized carbons (Fsp3) is 0.304. The third-order valence-corrected chi connectivity index (χ3v) is 5.14. The minimum absolute atomic E-state index is 0.0533. The third kappa shape index (κ3) is 5.23. The minimum atomic E-state index is -0.0533. The quantitative estimate of drug-likeness (QED) is 0.520. The predicted molar refractivity (Wildman–Crippen MR) is 122 cm³/mol. The number of nitrogen functional groups attached to an aromatic ring is 1. The molecule has 1 aliphatic heterocycles. The number of carbonyl (C=O) groups excluding carboxylic acids is 1. The number of piperazine rings is 1. The molecule has 1 heterocycles. The zero-order chi connectivity index (χ0) is 20.8. The Morgan fingerprint density at radius 2 is 1.86 bits per heavy atom. The molecule has 1 saturated heterocycles. The summed E-state index contributed by atoms with van der Waals surface area (Å²) in [6, 6.07) is 13.6. The lowest BCUT2D eigenvalue weighted by Gasteiger charge is -2.35. The second-order valence-corrected chi connectivity index (χ2v) is 7.31. The van der Waals surface area contributed by atoms with E-state index in [1.165, 1.54) is 0 Å². The summed E-state index contributed by atoms with van der Waals surface area (Å²) in [6.07, 6.45) is 4.02. The molecule has 0 unspecified atom stereocenters. The highest BCUT2D eigenvalue weighted by atomic mass is 16.1. The highest BCUT2D eigenvalue weighted by Crippen LogP contribution is 2.32. The zero-order valence-corrected chi connectivity index (χ0v) is 17.1. The van der Waals surface area contributed by atoms with E-state index in [0.29, 0.717) is 29.1 Å². The number of nitrogens with two attached hydrogens (primary N) is 1. The number of amides is 1. The molecule has 2 aromatic carbocycles. The molecule has 2 aromatic rings. The first-order valence-corrected chi connectivity index (χ1v) is 9.97. The number of nitrogens with one attached hydrogen (secondary N) is 2. The van der Waals surface area contributed by atoms with Crippen LogP contribution in [0, 0.1) is 5.41 Å². The van der Waals surface area contributed by atoms with Crippen molar-refractivity contribution in [2.24, 2.45) is 0 Å². The maximum Gasteiger partial charge on any atom is 0.224 e. The van der Waals surface area contributed by atoms with Crippen LogP contribution in [0.15, 0.2) is 48.5 Å². The van der Waals surface area contributed by atoms with E-state index >= 15 is 0 Å². The number of anilines is 3. The van der Waals surface area contributed by atoms with Gasteiger partial charge in [-0.25, -0.2) is 0 Å². The number of allylic oxidation sites excluding steroid dienone is 1. The summed E-state index contributed by atoms with van der Waals surface area (Å²) in [6.45, 7) is 5.48. The lowest BCUT2D eigenvalue weighted by atomic mass is 10.0. The average molecular weight is 392 g/mol. The molecule has 29 heavy (non-hydrogen) atoms. The first-order chi connectivity index (χ1) is 14.0. The van der Waals surface area contributed by atoms with Crippen molar-refractivity contribution in [1.29, 1.82) is 5.41 Å². The topological polar surface area (TPSA) is 85.4 Å². The molecule has 6 nitrogen and oxygen atoms in total. The highest BCUT2D eigenvalue weighted by molar-refractivity contribution is 6.13. The number of rotatable bonds is 6. The Hall–Kier alpha value is -3.12. The van der Waals surface area contributed by atoms with Crippen molar-refractivity contribution in [3.63, 3.8) is 0 Å². The molecule has 0 spiro atoms. The van der Waals surface area contributed by atoms with Crippen LogP contribution in [0.4, 0.5) is 17.1 Å². The van der Waals surface area contributed by atoms with Crippen LogP contribution in [0.25, 0.3) is 6.08 Å². The molecule has 3 rings (SSSR count). The average Bonchev–Trinajstić information content (AvgIpc) is 2.74. The van der Waals surface area contributed by atoms with Gasteiger partial charge in [-0.15, -0.1) is 0 Å². The summed E-state index contributed by atoms with van der Waals surface area (Å²) in [5, 5.41) is 11.5. The monoisotopic (exact) mass is 391 g/mol. The van der Waals surface area contributed by atoms with Crippen LogP contribution in [0.2, 0.25) is 0 Å². The van der Waals surface area contributed by atoms with Crippen molar-refractivity contribution in [2.75, 3.05) is 49.2 Å². The van der Waals surface area contributed by atoms with Crippen LogP contribution >= 0.6 is 0 Å². The van der Waals surface area contributed by atoms with E-state index in [-0.39, 0.29) is 5.91 Å². The fourth-order valence-corrected chi connectivity index (χ4v) is 3.32. The largest absolute Gasteiger partial charge is 0.398 e. The van der Waals surface area contributed by atoms with Crippen LogP contribution in [-0.2, 0) is 4.79 Å². The number of nitrogens with zero attached hydrogens (tertiary/aromatic N) is 2. The smallest absolute Gasteiger partial charge is 0.224 e. The Balaban J connectivity index is 1.91. The Kier molecular flexibility index (Phi) is 6.67. The van der Waals surface area contributed by atoms with Gasteiger partial charge in [0.05, 0.1) is 17.1 Å². The molecular formula is C23H29N5O. The molecule has 1 amide bonds. The van der Waals surface area contributed by atoms with Crippen molar-refractivity contribution < 1.29 is 4.79 Å². The fourth-order valence-electron chi connectivity index (χ4n) is 3.32. The van der Waals surface area contributed by atoms with Crippen molar-refractivity contribution in [3.8, 4) is 0 Å². The van der Waals surface area contributed by atoms with E-state index in [4.69, 9.17) is 11.1 Å². The van der Waals surface area contributed by atoms with E-state index in [1.807, 2.05) is 55.5 Å². The maximum absolute atomic E-state index is 12.1. The van der Waals surface area contributed by atoms with Crippen LogP contribution in [0.5, 0.6) is 0 Å². The molecular weight excluding hydrogens is 362 g/mol. The van der Waals surface area contributed by atoms with Gasteiger partial charge in [-0.1, -0.05) is 43.3 Å². The summed E-state index contributed by atoms with van der Waals surface area (Å²) in [7, 11) is 2.11. The first kappa shape index (κ1) is 20.6. The molecule has 0 saturated carbocycles. The van der Waals surface area contributed by atoms with Gasteiger partial charge < -0.3 is 26.3 Å². The number of hydrogen-bond acceptors (Lipinski definition) is 5. The van der Waals surface area contributed by atoms with E-state index in [2.05, 4.69) is 22.2 Å². The number of hydrogen-bond donors (Lipinski definition) is 3. The second-order valence-electron chi connectivity index (χ2n) is 7.31. The van der Waals surface area contributed by atoms with Crippen LogP contribution in [0.1, 0.15) is 24.5 Å². The highest BCUT2D eigenvalue weighted by Gasteiger charge is 2.20. The second kappa shape index (κ2) is 9.39. The maximum atomic E-state index is 12.1. The van der Waals surface area contributed by atoms with Gasteiger partial charge in [-0.2, -0.15) is 0 Å². The van der Waals surface area contributed by atoms with E-state index in [0.717, 1.165) is 37.4 Å². The molecule has 152 valence electrons. The van der Waals surface area contributed by atoms with Crippen molar-refractivity contribution in [2.45, 2.75) is 13.3 Å². The molecule has 4 N–H and O–H groups in total. The van der Waals surface area contributed by atoms with Crippen LogP contribution in [0.3, 0.4) is 0 Å².